The Kier molecular flexibility index (Phi) is 6.06. The molecule has 0 radical (unpaired) electrons. The Labute approximate surface area is 142 Å². The van der Waals surface area contributed by atoms with Gasteiger partial charge in [0.25, 0.3) is 0 Å². The Bertz CT molecular complexity index is 639. The van der Waals surface area contributed by atoms with Gasteiger partial charge in [0.15, 0.2) is 9.84 Å². The van der Waals surface area contributed by atoms with Gasteiger partial charge in [-0.1, -0.05) is 23.7 Å². The van der Waals surface area contributed by atoms with Crippen molar-refractivity contribution in [2.24, 2.45) is 0 Å². The first-order chi connectivity index (χ1) is 10.8. The summed E-state index contributed by atoms with van der Waals surface area (Å²) >= 11 is 5.85. The molecule has 0 aliphatic carbocycles. The van der Waals surface area contributed by atoms with E-state index < -0.39 is 21.5 Å². The Balaban J connectivity index is 1.96. The van der Waals surface area contributed by atoms with Crippen molar-refractivity contribution in [2.75, 3.05) is 25.2 Å². The number of carbonyl (C=O) groups is 1. The molecule has 0 saturated carbocycles. The molecule has 1 aliphatic heterocycles. The zero-order valence-electron chi connectivity index (χ0n) is 13.4. The van der Waals surface area contributed by atoms with Crippen LogP contribution in [-0.2, 0) is 19.4 Å². The molecular weight excluding hydrogens is 338 g/mol. The van der Waals surface area contributed by atoms with Crippen molar-refractivity contribution < 1.29 is 17.9 Å². The van der Waals surface area contributed by atoms with Crippen LogP contribution in [0.1, 0.15) is 31.4 Å². The van der Waals surface area contributed by atoms with Crippen molar-refractivity contribution in [3.05, 3.63) is 34.9 Å². The second kappa shape index (κ2) is 7.64. The number of carbonyl (C=O) groups excluding carboxylic acids is 1. The van der Waals surface area contributed by atoms with E-state index in [0.29, 0.717) is 11.6 Å². The van der Waals surface area contributed by atoms with Crippen molar-refractivity contribution in [2.45, 2.75) is 31.9 Å². The molecule has 0 aromatic heterocycles. The van der Waals surface area contributed by atoms with Crippen LogP contribution in [0.4, 0.5) is 0 Å². The van der Waals surface area contributed by atoms with Gasteiger partial charge in [0.2, 0.25) is 5.91 Å². The molecule has 2 atom stereocenters. The fourth-order valence-corrected chi connectivity index (χ4v) is 4.24. The highest BCUT2D eigenvalue weighted by Gasteiger charge is 2.28. The molecule has 2 rings (SSSR count). The molecule has 1 amide bonds. The molecule has 1 saturated heterocycles. The molecule has 1 heterocycles. The third kappa shape index (κ3) is 5.19. The smallest absolute Gasteiger partial charge is 0.238 e. The normalized spacial score (nSPS) is 19.5. The summed E-state index contributed by atoms with van der Waals surface area (Å²) in [6.07, 6.45) is 1.35. The number of nitrogens with zero attached hydrogens (tertiary/aromatic N) is 1. The number of ether oxygens (including phenoxy) is 1. The third-order valence-electron chi connectivity index (χ3n) is 4.13. The van der Waals surface area contributed by atoms with Gasteiger partial charge in [0.1, 0.15) is 5.75 Å². The summed E-state index contributed by atoms with van der Waals surface area (Å²) in [6.45, 7) is 2.45. The van der Waals surface area contributed by atoms with E-state index in [9.17, 15) is 13.2 Å². The van der Waals surface area contributed by atoms with Gasteiger partial charge in [-0.05, 0) is 37.5 Å². The number of benzene rings is 1. The fraction of sp³-hybridized carbons (Fsp3) is 0.562. The van der Waals surface area contributed by atoms with E-state index in [1.807, 2.05) is 19.1 Å². The van der Waals surface area contributed by atoms with Crippen molar-refractivity contribution >= 4 is 27.3 Å². The van der Waals surface area contributed by atoms with E-state index >= 15 is 0 Å². The third-order valence-corrected chi connectivity index (χ3v) is 5.95. The lowest BCUT2D eigenvalue weighted by Gasteiger charge is -2.25. The number of hydrogen-bond donors (Lipinski definition) is 0. The maximum absolute atomic E-state index is 12.3. The number of sulfone groups is 1. The molecule has 2 unspecified atom stereocenters. The van der Waals surface area contributed by atoms with Gasteiger partial charge in [-0.25, -0.2) is 8.42 Å². The van der Waals surface area contributed by atoms with Crippen LogP contribution in [0.2, 0.25) is 5.02 Å². The Hall–Kier alpha value is -1.11. The minimum absolute atomic E-state index is 0.0814. The van der Waals surface area contributed by atoms with Crippen molar-refractivity contribution in [1.29, 1.82) is 0 Å². The van der Waals surface area contributed by atoms with Crippen LogP contribution in [-0.4, -0.2) is 50.5 Å². The standard InChI is InChI=1S/C16H22ClNO4S/c1-12(13-5-7-14(17)8-6-13)18(2)16(19)11-23(20,21)10-15-4-3-9-22-15/h5-8,12,15H,3-4,9-11H2,1-2H3. The van der Waals surface area contributed by atoms with Crippen LogP contribution in [0.25, 0.3) is 0 Å². The molecule has 1 aromatic rings. The zero-order chi connectivity index (χ0) is 17.0. The van der Waals surface area contributed by atoms with Crippen LogP contribution in [0.5, 0.6) is 0 Å². The Morgan fingerprint density at radius 3 is 2.61 bits per heavy atom. The van der Waals surface area contributed by atoms with E-state index in [2.05, 4.69) is 0 Å². The molecular formula is C16H22ClNO4S. The maximum atomic E-state index is 12.3. The van der Waals surface area contributed by atoms with Crippen molar-refractivity contribution in [3.63, 3.8) is 0 Å². The lowest BCUT2D eigenvalue weighted by atomic mass is 10.1. The average molecular weight is 360 g/mol. The van der Waals surface area contributed by atoms with E-state index in [1.54, 1.807) is 19.2 Å². The molecule has 23 heavy (non-hydrogen) atoms. The molecule has 0 bridgehead atoms. The molecule has 128 valence electrons. The number of rotatable bonds is 6. The predicted molar refractivity (Wildman–Crippen MR) is 90.3 cm³/mol. The van der Waals surface area contributed by atoms with Crippen LogP contribution < -0.4 is 0 Å². The van der Waals surface area contributed by atoms with Gasteiger partial charge in [-0.3, -0.25) is 4.79 Å². The van der Waals surface area contributed by atoms with E-state index in [1.165, 1.54) is 4.90 Å². The summed E-state index contributed by atoms with van der Waals surface area (Å²) in [6, 6.07) is 6.94. The molecule has 1 aromatic carbocycles. The van der Waals surface area contributed by atoms with Crippen LogP contribution in [0, 0.1) is 0 Å². The maximum Gasteiger partial charge on any atom is 0.238 e. The molecule has 0 N–H and O–H groups in total. The molecule has 5 nitrogen and oxygen atoms in total. The summed E-state index contributed by atoms with van der Waals surface area (Å²) in [5, 5.41) is 0.620. The van der Waals surface area contributed by atoms with E-state index in [4.69, 9.17) is 16.3 Å². The van der Waals surface area contributed by atoms with E-state index in [0.717, 1.165) is 18.4 Å². The van der Waals surface area contributed by atoms with Gasteiger partial charge >= 0.3 is 0 Å². The Morgan fingerprint density at radius 1 is 1.39 bits per heavy atom. The van der Waals surface area contributed by atoms with Gasteiger partial charge in [0.05, 0.1) is 17.9 Å². The predicted octanol–water partition coefficient (Wildman–Crippen LogP) is 2.45. The molecule has 0 spiro atoms. The summed E-state index contributed by atoms with van der Waals surface area (Å²) in [5.41, 5.74) is 0.904. The zero-order valence-corrected chi connectivity index (χ0v) is 14.9. The van der Waals surface area contributed by atoms with Crippen molar-refractivity contribution in [1.82, 2.24) is 4.90 Å². The number of halogens is 1. The highest BCUT2D eigenvalue weighted by Crippen LogP contribution is 2.21. The highest BCUT2D eigenvalue weighted by atomic mass is 35.5. The van der Waals surface area contributed by atoms with Gasteiger partial charge in [-0.2, -0.15) is 0 Å². The largest absolute Gasteiger partial charge is 0.377 e. The second-order valence-corrected chi connectivity index (χ2v) is 8.47. The summed E-state index contributed by atoms with van der Waals surface area (Å²) in [4.78, 5) is 13.7. The first kappa shape index (κ1) is 18.2. The monoisotopic (exact) mass is 359 g/mol. The quantitative estimate of drug-likeness (QED) is 0.782. The SMILES string of the molecule is CC(c1ccc(Cl)cc1)N(C)C(=O)CS(=O)(=O)CC1CCCO1. The first-order valence-electron chi connectivity index (χ1n) is 7.61. The van der Waals surface area contributed by atoms with Crippen molar-refractivity contribution in [3.8, 4) is 0 Å². The van der Waals surface area contributed by atoms with Gasteiger partial charge < -0.3 is 9.64 Å². The first-order valence-corrected chi connectivity index (χ1v) is 9.81. The topological polar surface area (TPSA) is 63.7 Å². The minimum atomic E-state index is -3.47. The van der Waals surface area contributed by atoms with Gasteiger partial charge in [-0.15, -0.1) is 0 Å². The summed E-state index contributed by atoms with van der Waals surface area (Å²) in [5.74, 6) is -0.978. The van der Waals surface area contributed by atoms with Crippen LogP contribution in [0.3, 0.4) is 0 Å². The fourth-order valence-electron chi connectivity index (χ4n) is 2.59. The van der Waals surface area contributed by atoms with Gasteiger partial charge in [0, 0.05) is 18.7 Å². The average Bonchev–Trinajstić information content (AvgIpc) is 2.98. The summed E-state index contributed by atoms with van der Waals surface area (Å²) in [7, 11) is -1.85. The minimum Gasteiger partial charge on any atom is -0.377 e. The Morgan fingerprint density at radius 2 is 2.04 bits per heavy atom. The second-order valence-electron chi connectivity index (χ2n) is 5.92. The summed E-state index contributed by atoms with van der Waals surface area (Å²) < 4.78 is 29.7. The number of hydrogen-bond acceptors (Lipinski definition) is 4. The lowest BCUT2D eigenvalue weighted by molar-refractivity contribution is -0.129. The highest BCUT2D eigenvalue weighted by molar-refractivity contribution is 7.92. The van der Waals surface area contributed by atoms with Crippen LogP contribution >= 0.6 is 11.6 Å². The number of amides is 1. The molecule has 7 heteroatoms. The molecule has 1 aliphatic rings. The van der Waals surface area contributed by atoms with Crippen LogP contribution in [0.15, 0.2) is 24.3 Å². The lowest BCUT2D eigenvalue weighted by Crippen LogP contribution is -2.36. The molecule has 1 fully saturated rings. The van der Waals surface area contributed by atoms with E-state index in [-0.39, 0.29) is 17.9 Å².